The van der Waals surface area contributed by atoms with E-state index in [1.807, 2.05) is 0 Å². The van der Waals surface area contributed by atoms with E-state index in [1.54, 1.807) is 11.8 Å². The molecule has 0 radical (unpaired) electrons. The molecule has 8 heteroatoms. The molecule has 3 rings (SSSR count). The number of hydrogen-bond donors (Lipinski definition) is 0. The second-order valence-electron chi connectivity index (χ2n) is 5.16. The molecule has 1 aliphatic carbocycles. The maximum Gasteiger partial charge on any atom is 0.264 e. The molecule has 124 valence electrons. The Morgan fingerprint density at radius 1 is 1.29 bits per heavy atom. The Morgan fingerprint density at radius 3 is 2.62 bits per heavy atom. The van der Waals surface area contributed by atoms with Gasteiger partial charge in [-0.2, -0.15) is 0 Å². The van der Waals surface area contributed by atoms with Crippen LogP contribution in [0.4, 0.5) is 0 Å². The maximum atomic E-state index is 12.6. The summed E-state index contributed by atoms with van der Waals surface area (Å²) < 4.78 is 5.23. The summed E-state index contributed by atoms with van der Waals surface area (Å²) in [6.45, 7) is 6.94. The number of allylic oxidation sites excluding steroid dienone is 2. The fourth-order valence-corrected chi connectivity index (χ4v) is 3.67. The van der Waals surface area contributed by atoms with Gasteiger partial charge in [0.05, 0.1) is 23.0 Å². The van der Waals surface area contributed by atoms with Crippen LogP contribution in [0.5, 0.6) is 0 Å². The van der Waals surface area contributed by atoms with Gasteiger partial charge in [-0.3, -0.25) is 24.4 Å². The number of thiophene rings is 1. The molecule has 7 nitrogen and oxygen atoms in total. The first kappa shape index (κ1) is 16.4. The minimum Gasteiger partial charge on any atom is -0.378 e. The number of rotatable bonds is 3. The summed E-state index contributed by atoms with van der Waals surface area (Å²) in [4.78, 5) is 47.5. The van der Waals surface area contributed by atoms with Gasteiger partial charge in [0.1, 0.15) is 11.4 Å². The quantitative estimate of drug-likeness (QED) is 0.779. The molecule has 1 aliphatic heterocycles. The third kappa shape index (κ3) is 2.63. The van der Waals surface area contributed by atoms with Crippen LogP contribution in [-0.4, -0.2) is 61.6 Å². The van der Waals surface area contributed by atoms with Gasteiger partial charge in [-0.1, -0.05) is 0 Å². The highest BCUT2D eigenvalue weighted by molar-refractivity contribution is 7.16. The third-order valence-corrected chi connectivity index (χ3v) is 4.88. The molecular weight excluding hydrogens is 330 g/mol. The number of fused-ring (bicyclic) bond motifs is 1. The van der Waals surface area contributed by atoms with Crippen molar-refractivity contribution in [2.24, 2.45) is 9.98 Å². The van der Waals surface area contributed by atoms with E-state index in [0.29, 0.717) is 31.2 Å². The number of hydrogen-bond acceptors (Lipinski definition) is 7. The molecule has 1 saturated heterocycles. The Hall–Kier alpha value is -2.45. The lowest BCUT2D eigenvalue weighted by Gasteiger charge is -2.26. The molecule has 2 aliphatic rings. The van der Waals surface area contributed by atoms with E-state index in [0.717, 1.165) is 11.3 Å². The zero-order valence-corrected chi connectivity index (χ0v) is 13.9. The topological polar surface area (TPSA) is 88.4 Å². The lowest BCUT2D eigenvalue weighted by Crippen LogP contribution is -2.40. The van der Waals surface area contributed by atoms with Crippen molar-refractivity contribution in [3.63, 3.8) is 0 Å². The van der Waals surface area contributed by atoms with Crippen molar-refractivity contribution in [3.8, 4) is 0 Å². The summed E-state index contributed by atoms with van der Waals surface area (Å²) in [5, 5.41) is 0. The van der Waals surface area contributed by atoms with Gasteiger partial charge < -0.3 is 9.64 Å². The first-order valence-corrected chi connectivity index (χ1v) is 8.20. The lowest BCUT2D eigenvalue weighted by atomic mass is 9.97. The van der Waals surface area contributed by atoms with E-state index in [9.17, 15) is 14.4 Å². The number of ketones is 2. The predicted molar refractivity (Wildman–Crippen MR) is 90.4 cm³/mol. The predicted octanol–water partition coefficient (Wildman–Crippen LogP) is 1.60. The van der Waals surface area contributed by atoms with Gasteiger partial charge in [-0.15, -0.1) is 11.3 Å². The number of carbonyl (C=O) groups excluding carboxylic acids is 3. The number of nitrogens with zero attached hydrogens (tertiary/aromatic N) is 3. The summed E-state index contributed by atoms with van der Waals surface area (Å²) in [5.74, 6) is -1.04. The first-order valence-electron chi connectivity index (χ1n) is 7.38. The number of ether oxygens (including phenoxy) is 1. The van der Waals surface area contributed by atoms with Gasteiger partial charge in [-0.25, -0.2) is 0 Å². The second kappa shape index (κ2) is 6.58. The van der Waals surface area contributed by atoms with Crippen molar-refractivity contribution in [1.29, 1.82) is 0 Å². The second-order valence-corrected chi connectivity index (χ2v) is 6.21. The van der Waals surface area contributed by atoms with Crippen LogP contribution in [0, 0.1) is 0 Å². The van der Waals surface area contributed by atoms with Crippen molar-refractivity contribution in [3.05, 3.63) is 32.8 Å². The monoisotopic (exact) mass is 345 g/mol. The van der Waals surface area contributed by atoms with E-state index in [1.165, 1.54) is 12.3 Å². The fraction of sp³-hybridized carbons (Fsp3) is 0.312. The minimum absolute atomic E-state index is 0.0341. The van der Waals surface area contributed by atoms with Crippen molar-refractivity contribution in [2.75, 3.05) is 26.3 Å². The van der Waals surface area contributed by atoms with E-state index in [2.05, 4.69) is 16.7 Å². The zero-order chi connectivity index (χ0) is 17.3. The summed E-state index contributed by atoms with van der Waals surface area (Å²) in [6, 6.07) is 1.48. The number of carbonyl (C=O) groups is 3. The highest BCUT2D eigenvalue weighted by Crippen LogP contribution is 2.34. The standard InChI is InChI=1S/C16H15N3O4S/c1-3-18-12-11(17-2)14(21)15-9(13(12)20)8-10(24-15)16(22)19-4-6-23-7-5-19/h3,8H,2,4-7H2,1H3/b18-3-. The molecule has 0 saturated carbocycles. The highest BCUT2D eigenvalue weighted by atomic mass is 32.1. The zero-order valence-electron chi connectivity index (χ0n) is 13.1. The average molecular weight is 345 g/mol. The molecule has 0 bridgehead atoms. The molecule has 2 heterocycles. The van der Waals surface area contributed by atoms with Crippen LogP contribution in [0.2, 0.25) is 0 Å². The molecule has 0 atom stereocenters. The van der Waals surface area contributed by atoms with Crippen LogP contribution >= 0.6 is 11.3 Å². The summed E-state index contributed by atoms with van der Waals surface area (Å²) >= 11 is 1.01. The SMILES string of the molecule is C=NC1=C(/N=C\C)C(=O)c2cc(C(=O)N3CCOCC3)sc2C1=O. The Morgan fingerprint density at radius 2 is 2.00 bits per heavy atom. The van der Waals surface area contributed by atoms with Gasteiger partial charge in [0, 0.05) is 24.9 Å². The van der Waals surface area contributed by atoms with Gasteiger partial charge >= 0.3 is 0 Å². The molecule has 1 amide bonds. The van der Waals surface area contributed by atoms with Crippen LogP contribution in [0.25, 0.3) is 0 Å². The molecular formula is C16H15N3O4S. The molecule has 0 unspecified atom stereocenters. The molecule has 1 fully saturated rings. The number of aliphatic imine (C=N–C) groups is 2. The number of Topliss-reactive ketones (excluding diaryl/α,β-unsaturated/α-hetero) is 2. The lowest BCUT2D eigenvalue weighted by molar-refractivity contribution is 0.0306. The largest absolute Gasteiger partial charge is 0.378 e. The summed E-state index contributed by atoms with van der Waals surface area (Å²) in [7, 11) is 0. The van der Waals surface area contributed by atoms with Gasteiger partial charge in [0.15, 0.2) is 0 Å². The van der Waals surface area contributed by atoms with Gasteiger partial charge in [0.25, 0.3) is 5.91 Å². The van der Waals surface area contributed by atoms with Gasteiger partial charge in [-0.05, 0) is 19.7 Å². The van der Waals surface area contributed by atoms with E-state index in [-0.39, 0.29) is 27.7 Å². The molecule has 0 aromatic carbocycles. The van der Waals surface area contributed by atoms with Crippen molar-refractivity contribution in [2.45, 2.75) is 6.92 Å². The molecule has 0 N–H and O–H groups in total. The highest BCUT2D eigenvalue weighted by Gasteiger charge is 2.35. The number of amides is 1. The van der Waals surface area contributed by atoms with E-state index >= 15 is 0 Å². The Kier molecular flexibility index (Phi) is 4.50. The van der Waals surface area contributed by atoms with Crippen LogP contribution in [0.3, 0.4) is 0 Å². The van der Waals surface area contributed by atoms with Crippen LogP contribution < -0.4 is 0 Å². The van der Waals surface area contributed by atoms with E-state index in [4.69, 9.17) is 4.74 Å². The molecule has 0 spiro atoms. The van der Waals surface area contributed by atoms with Crippen molar-refractivity contribution >= 4 is 41.7 Å². The Balaban J connectivity index is 2.00. The average Bonchev–Trinajstić information content (AvgIpc) is 3.06. The molecule has 24 heavy (non-hydrogen) atoms. The van der Waals surface area contributed by atoms with Crippen molar-refractivity contribution in [1.82, 2.24) is 4.90 Å². The fourth-order valence-electron chi connectivity index (χ4n) is 2.60. The third-order valence-electron chi connectivity index (χ3n) is 3.76. The van der Waals surface area contributed by atoms with E-state index < -0.39 is 11.6 Å². The smallest absolute Gasteiger partial charge is 0.264 e. The number of morpholine rings is 1. The molecule has 1 aromatic rings. The molecule has 1 aromatic heterocycles. The Labute approximate surface area is 142 Å². The van der Waals surface area contributed by atoms with Crippen LogP contribution in [0.15, 0.2) is 27.4 Å². The normalized spacial score (nSPS) is 18.3. The van der Waals surface area contributed by atoms with Crippen LogP contribution in [0.1, 0.15) is 36.6 Å². The minimum atomic E-state index is -0.425. The first-order chi connectivity index (χ1) is 11.6. The Bertz CT molecular complexity index is 800. The van der Waals surface area contributed by atoms with Crippen LogP contribution in [-0.2, 0) is 4.74 Å². The maximum absolute atomic E-state index is 12.6. The summed E-state index contributed by atoms with van der Waals surface area (Å²) in [6.07, 6.45) is 1.42. The van der Waals surface area contributed by atoms with Crippen molar-refractivity contribution < 1.29 is 19.1 Å². The summed E-state index contributed by atoms with van der Waals surface area (Å²) in [5.41, 5.74) is 0.0978. The van der Waals surface area contributed by atoms with Gasteiger partial charge in [0.2, 0.25) is 11.6 Å².